The first-order valence-corrected chi connectivity index (χ1v) is 9.62. The topological polar surface area (TPSA) is 55.2 Å². The molecule has 1 aromatic heterocycles. The van der Waals surface area contributed by atoms with Gasteiger partial charge in [0, 0.05) is 0 Å². The van der Waals surface area contributed by atoms with Crippen molar-refractivity contribution in [2.45, 2.75) is 33.7 Å². The van der Waals surface area contributed by atoms with Crippen molar-refractivity contribution in [2.24, 2.45) is 23.7 Å². The maximum absolute atomic E-state index is 13.1. The maximum Gasteiger partial charge on any atom is 0.238 e. The fourth-order valence-electron chi connectivity index (χ4n) is 5.24. The number of fused-ring (bicyclic) bond motifs is 5. The van der Waals surface area contributed by atoms with Crippen molar-refractivity contribution in [3.05, 3.63) is 58.9 Å². The molecule has 5 heteroatoms. The molecule has 0 unspecified atom stereocenters. The van der Waals surface area contributed by atoms with Crippen molar-refractivity contribution < 1.29 is 9.59 Å². The van der Waals surface area contributed by atoms with Gasteiger partial charge in [-0.25, -0.2) is 4.90 Å². The van der Waals surface area contributed by atoms with E-state index in [4.69, 9.17) is 0 Å². The molecule has 0 radical (unpaired) electrons. The molecule has 5 rings (SSSR count). The van der Waals surface area contributed by atoms with Gasteiger partial charge in [-0.3, -0.25) is 14.3 Å². The van der Waals surface area contributed by atoms with Gasteiger partial charge in [0.05, 0.1) is 35.5 Å². The maximum atomic E-state index is 13.1. The zero-order valence-corrected chi connectivity index (χ0v) is 15.8. The first kappa shape index (κ1) is 16.5. The molecule has 2 aliphatic carbocycles. The molecule has 27 heavy (non-hydrogen) atoms. The quantitative estimate of drug-likeness (QED) is 0.623. The number of anilines is 1. The molecule has 0 spiro atoms. The van der Waals surface area contributed by atoms with Gasteiger partial charge in [-0.2, -0.15) is 5.10 Å². The molecular formula is C22H23N3O2. The lowest BCUT2D eigenvalue weighted by atomic mass is 9.85. The number of carbonyl (C=O) groups is 2. The Morgan fingerprint density at radius 3 is 2.26 bits per heavy atom. The first-order chi connectivity index (χ1) is 13.0. The van der Waals surface area contributed by atoms with Crippen molar-refractivity contribution >= 4 is 17.5 Å². The van der Waals surface area contributed by atoms with E-state index in [1.807, 2.05) is 30.7 Å². The minimum atomic E-state index is -0.175. The van der Waals surface area contributed by atoms with Gasteiger partial charge < -0.3 is 0 Å². The van der Waals surface area contributed by atoms with Crippen molar-refractivity contribution in [3.8, 4) is 0 Å². The van der Waals surface area contributed by atoms with Gasteiger partial charge in [0.15, 0.2) is 0 Å². The summed E-state index contributed by atoms with van der Waals surface area (Å²) in [4.78, 5) is 27.7. The molecule has 1 saturated carbocycles. The number of amides is 2. The number of aryl methyl sites for hydroxylation is 2. The Morgan fingerprint density at radius 1 is 1.00 bits per heavy atom. The predicted molar refractivity (Wildman–Crippen MR) is 102 cm³/mol. The number of nitrogens with zero attached hydrogens (tertiary/aromatic N) is 3. The van der Waals surface area contributed by atoms with Crippen molar-refractivity contribution in [1.29, 1.82) is 0 Å². The minimum Gasteiger partial charge on any atom is -0.274 e. The standard InChI is InChI=1S/C22H23N3O2/c1-12-6-4-5-7-17(12)11-24-14(3)20(13(2)23-24)25-21(26)18-15-8-9-16(10-15)19(18)22(25)27/h4-9,15-16,18-19H,10-11H2,1-3H3/t15-,16+,18-,19+. The fraction of sp³-hybridized carbons (Fsp3) is 0.409. The average molecular weight is 361 g/mol. The monoisotopic (exact) mass is 361 g/mol. The summed E-state index contributed by atoms with van der Waals surface area (Å²) >= 11 is 0. The molecule has 2 fully saturated rings. The number of benzene rings is 1. The van der Waals surface area contributed by atoms with E-state index in [9.17, 15) is 9.59 Å². The zero-order chi connectivity index (χ0) is 18.9. The Balaban J connectivity index is 1.52. The minimum absolute atomic E-state index is 0.0384. The number of hydrogen-bond donors (Lipinski definition) is 0. The Kier molecular flexibility index (Phi) is 3.45. The van der Waals surface area contributed by atoms with Crippen LogP contribution in [0, 0.1) is 44.4 Å². The van der Waals surface area contributed by atoms with Gasteiger partial charge in [0.25, 0.3) is 0 Å². The molecule has 0 N–H and O–H groups in total. The number of allylic oxidation sites excluding steroid dienone is 2. The van der Waals surface area contributed by atoms with E-state index in [1.165, 1.54) is 16.0 Å². The van der Waals surface area contributed by atoms with E-state index in [2.05, 4.69) is 36.3 Å². The Morgan fingerprint density at radius 2 is 1.63 bits per heavy atom. The third kappa shape index (κ3) is 2.20. The van der Waals surface area contributed by atoms with E-state index in [1.54, 1.807) is 0 Å². The van der Waals surface area contributed by atoms with Crippen LogP contribution in [0.15, 0.2) is 36.4 Å². The van der Waals surface area contributed by atoms with Crippen LogP contribution in [0.5, 0.6) is 0 Å². The number of carbonyl (C=O) groups excluding carboxylic acids is 2. The molecule has 2 heterocycles. The number of hydrogen-bond acceptors (Lipinski definition) is 3. The molecule has 3 aliphatic rings. The van der Waals surface area contributed by atoms with Crippen LogP contribution in [0.25, 0.3) is 0 Å². The zero-order valence-electron chi connectivity index (χ0n) is 15.8. The molecule has 1 aromatic carbocycles. The molecule has 1 aliphatic heterocycles. The second kappa shape index (κ2) is 5.65. The molecule has 4 atom stereocenters. The van der Waals surface area contributed by atoms with Gasteiger partial charge >= 0.3 is 0 Å². The number of rotatable bonds is 3. The van der Waals surface area contributed by atoms with Gasteiger partial charge in [-0.1, -0.05) is 36.4 Å². The SMILES string of the molecule is Cc1ccccc1Cn1nc(C)c(N2C(=O)[C@@H]3[C@H](C2=O)[C@@H]2C=C[C@H]3C2)c1C. The van der Waals surface area contributed by atoms with E-state index in [0.29, 0.717) is 12.2 Å². The van der Waals surface area contributed by atoms with Crippen LogP contribution in [-0.2, 0) is 16.1 Å². The normalized spacial score (nSPS) is 28.5. The van der Waals surface area contributed by atoms with Crippen molar-refractivity contribution in [3.63, 3.8) is 0 Å². The molecule has 2 aromatic rings. The summed E-state index contributed by atoms with van der Waals surface area (Å²) < 4.78 is 1.91. The smallest absolute Gasteiger partial charge is 0.238 e. The Hall–Kier alpha value is -2.69. The van der Waals surface area contributed by atoms with Gasteiger partial charge in [0.1, 0.15) is 0 Å². The van der Waals surface area contributed by atoms with Crippen LogP contribution in [0.1, 0.15) is 28.9 Å². The van der Waals surface area contributed by atoms with Crippen molar-refractivity contribution in [2.75, 3.05) is 4.90 Å². The summed E-state index contributed by atoms with van der Waals surface area (Å²) in [5.74, 6) is 0.0252. The van der Waals surface area contributed by atoms with Crippen LogP contribution < -0.4 is 4.90 Å². The van der Waals surface area contributed by atoms with Crippen LogP contribution in [0.4, 0.5) is 5.69 Å². The van der Waals surface area contributed by atoms with E-state index < -0.39 is 0 Å². The lowest BCUT2D eigenvalue weighted by Gasteiger charge is -2.18. The highest BCUT2D eigenvalue weighted by molar-refractivity contribution is 6.23. The second-order valence-electron chi connectivity index (χ2n) is 8.12. The lowest BCUT2D eigenvalue weighted by Crippen LogP contribution is -2.33. The molecule has 1 saturated heterocycles. The fourth-order valence-corrected chi connectivity index (χ4v) is 5.24. The van der Waals surface area contributed by atoms with Gasteiger partial charge in [-0.05, 0) is 50.2 Å². The third-order valence-corrected chi connectivity index (χ3v) is 6.62. The highest BCUT2D eigenvalue weighted by Crippen LogP contribution is 2.53. The summed E-state index contributed by atoms with van der Waals surface area (Å²) in [7, 11) is 0. The highest BCUT2D eigenvalue weighted by atomic mass is 16.2. The van der Waals surface area contributed by atoms with Crippen LogP contribution in [0.3, 0.4) is 0 Å². The summed E-state index contributed by atoms with van der Waals surface area (Å²) in [6.45, 7) is 6.56. The summed E-state index contributed by atoms with van der Waals surface area (Å²) in [5, 5.41) is 4.66. The molecule has 5 nitrogen and oxygen atoms in total. The Labute approximate surface area is 158 Å². The summed E-state index contributed by atoms with van der Waals surface area (Å²) in [5.41, 5.74) is 4.69. The second-order valence-corrected chi connectivity index (χ2v) is 8.12. The van der Waals surface area contributed by atoms with Crippen LogP contribution in [-0.4, -0.2) is 21.6 Å². The summed E-state index contributed by atoms with van der Waals surface area (Å²) in [6.07, 6.45) is 5.20. The largest absolute Gasteiger partial charge is 0.274 e. The predicted octanol–water partition coefficient (Wildman–Crippen LogP) is 3.17. The molecule has 138 valence electrons. The number of imide groups is 1. The molecule has 2 bridgehead atoms. The third-order valence-electron chi connectivity index (χ3n) is 6.62. The lowest BCUT2D eigenvalue weighted by molar-refractivity contribution is -0.123. The summed E-state index contributed by atoms with van der Waals surface area (Å²) in [6, 6.07) is 8.21. The average Bonchev–Trinajstić information content (AvgIpc) is 3.37. The van der Waals surface area contributed by atoms with E-state index in [0.717, 1.165) is 17.8 Å². The van der Waals surface area contributed by atoms with Crippen LogP contribution in [0.2, 0.25) is 0 Å². The number of aromatic nitrogens is 2. The highest BCUT2D eigenvalue weighted by Gasteiger charge is 2.60. The molecular weight excluding hydrogens is 338 g/mol. The van der Waals surface area contributed by atoms with Gasteiger partial charge in [-0.15, -0.1) is 0 Å². The molecule has 2 amide bonds. The van der Waals surface area contributed by atoms with Crippen LogP contribution >= 0.6 is 0 Å². The van der Waals surface area contributed by atoms with E-state index in [-0.39, 0.29) is 35.5 Å². The van der Waals surface area contributed by atoms with Crippen molar-refractivity contribution in [1.82, 2.24) is 9.78 Å². The first-order valence-electron chi connectivity index (χ1n) is 9.62. The van der Waals surface area contributed by atoms with Gasteiger partial charge in [0.2, 0.25) is 11.8 Å². The van der Waals surface area contributed by atoms with E-state index >= 15 is 0 Å². The Bertz CT molecular complexity index is 973.